The van der Waals surface area contributed by atoms with Gasteiger partial charge in [0, 0.05) is 18.8 Å². The van der Waals surface area contributed by atoms with E-state index in [-0.39, 0.29) is 0 Å². The van der Waals surface area contributed by atoms with Crippen LogP contribution in [0.2, 0.25) is 5.15 Å². The van der Waals surface area contributed by atoms with Crippen LogP contribution in [0.4, 0.5) is 11.5 Å². The molecule has 0 fully saturated rings. The van der Waals surface area contributed by atoms with E-state index in [1.807, 2.05) is 20.2 Å². The van der Waals surface area contributed by atoms with Crippen molar-refractivity contribution in [2.45, 2.75) is 13.8 Å². The number of halogens is 1. The lowest BCUT2D eigenvalue weighted by Crippen LogP contribution is -2.00. The normalized spacial score (nSPS) is 10.5. The summed E-state index contributed by atoms with van der Waals surface area (Å²) in [6.45, 7) is 3.68. The molecule has 0 saturated heterocycles. The first-order valence-corrected chi connectivity index (χ1v) is 5.20. The third-order valence-corrected chi connectivity index (χ3v) is 2.53. The number of hydrogen-bond acceptors (Lipinski definition) is 4. The Labute approximate surface area is 98.5 Å². The molecule has 0 saturated carbocycles. The fourth-order valence-corrected chi connectivity index (χ4v) is 1.55. The lowest BCUT2D eigenvalue weighted by molar-refractivity contribution is 0.768. The van der Waals surface area contributed by atoms with Gasteiger partial charge in [-0.2, -0.15) is 5.10 Å². The molecule has 2 aromatic rings. The van der Waals surface area contributed by atoms with Crippen LogP contribution >= 0.6 is 11.6 Å². The van der Waals surface area contributed by atoms with Gasteiger partial charge in [-0.05, 0) is 13.8 Å². The van der Waals surface area contributed by atoms with E-state index in [4.69, 9.17) is 11.6 Å². The molecule has 0 amide bonds. The Morgan fingerprint density at radius 1 is 1.31 bits per heavy atom. The number of nitrogens with zero attached hydrogens (tertiary/aromatic N) is 4. The number of anilines is 2. The first-order chi connectivity index (χ1) is 7.56. The molecule has 2 heterocycles. The molecule has 0 bridgehead atoms. The third-order valence-electron chi connectivity index (χ3n) is 2.17. The van der Waals surface area contributed by atoms with Gasteiger partial charge in [0.25, 0.3) is 0 Å². The van der Waals surface area contributed by atoms with E-state index >= 15 is 0 Å². The van der Waals surface area contributed by atoms with Gasteiger partial charge in [-0.3, -0.25) is 4.68 Å². The molecule has 0 unspecified atom stereocenters. The zero-order chi connectivity index (χ0) is 11.7. The molecule has 2 rings (SSSR count). The summed E-state index contributed by atoms with van der Waals surface area (Å²) in [6.07, 6.45) is 3.59. The Morgan fingerprint density at radius 3 is 2.69 bits per heavy atom. The minimum absolute atomic E-state index is 0.471. The van der Waals surface area contributed by atoms with E-state index in [1.54, 1.807) is 17.8 Å². The topological polar surface area (TPSA) is 55.6 Å². The Balaban J connectivity index is 2.34. The van der Waals surface area contributed by atoms with E-state index in [0.29, 0.717) is 16.8 Å². The minimum Gasteiger partial charge on any atom is -0.337 e. The number of aryl methyl sites for hydroxylation is 2. The van der Waals surface area contributed by atoms with Gasteiger partial charge in [-0.1, -0.05) is 11.6 Å². The van der Waals surface area contributed by atoms with Crippen LogP contribution in [-0.2, 0) is 7.05 Å². The number of nitrogens with one attached hydrogen (secondary N) is 1. The van der Waals surface area contributed by atoms with Gasteiger partial charge < -0.3 is 5.32 Å². The summed E-state index contributed by atoms with van der Waals surface area (Å²) in [5, 5.41) is 7.69. The summed E-state index contributed by atoms with van der Waals surface area (Å²) in [5.74, 6) is 1.35. The number of aromatic nitrogens is 4. The molecule has 0 radical (unpaired) electrons. The minimum atomic E-state index is 0.471. The Morgan fingerprint density at radius 2 is 2.06 bits per heavy atom. The second kappa shape index (κ2) is 4.09. The third kappa shape index (κ3) is 2.14. The van der Waals surface area contributed by atoms with Crippen LogP contribution in [0, 0.1) is 13.8 Å². The fourth-order valence-electron chi connectivity index (χ4n) is 1.34. The molecule has 6 heteroatoms. The van der Waals surface area contributed by atoms with Crippen molar-refractivity contribution in [3.8, 4) is 0 Å². The molecule has 2 aromatic heterocycles. The molecule has 0 aliphatic carbocycles. The summed E-state index contributed by atoms with van der Waals surface area (Å²) in [6, 6.07) is 0. The maximum Gasteiger partial charge on any atom is 0.138 e. The highest BCUT2D eigenvalue weighted by molar-refractivity contribution is 6.30. The molecular formula is C10H12ClN5. The van der Waals surface area contributed by atoms with E-state index in [1.165, 1.54) is 0 Å². The fraction of sp³-hybridized carbons (Fsp3) is 0.300. The van der Waals surface area contributed by atoms with Crippen LogP contribution in [0.25, 0.3) is 0 Å². The summed E-state index contributed by atoms with van der Waals surface area (Å²) < 4.78 is 1.72. The van der Waals surface area contributed by atoms with Crippen molar-refractivity contribution in [2.24, 2.45) is 7.05 Å². The second-order valence-electron chi connectivity index (χ2n) is 3.56. The highest BCUT2D eigenvalue weighted by Crippen LogP contribution is 2.22. The van der Waals surface area contributed by atoms with Gasteiger partial charge in [0.15, 0.2) is 0 Å². The lowest BCUT2D eigenvalue weighted by Gasteiger charge is -2.08. The summed E-state index contributed by atoms with van der Waals surface area (Å²) >= 11 is 5.98. The monoisotopic (exact) mass is 237 g/mol. The maximum absolute atomic E-state index is 5.98. The number of hydrogen-bond donors (Lipinski definition) is 1. The average Bonchev–Trinajstić information content (AvgIpc) is 2.60. The Kier molecular flexibility index (Phi) is 2.78. The molecule has 0 aliphatic heterocycles. The van der Waals surface area contributed by atoms with E-state index in [9.17, 15) is 0 Å². The average molecular weight is 238 g/mol. The zero-order valence-corrected chi connectivity index (χ0v) is 10.1. The molecule has 0 aliphatic rings. The first-order valence-electron chi connectivity index (χ1n) is 4.82. The standard InChI is InChI=1S/C10H12ClN5/c1-6-9(11)13-7(2)14-10(6)15-8-4-12-16(3)5-8/h4-5H,1-3H3,(H,13,14,15). The highest BCUT2D eigenvalue weighted by Gasteiger charge is 2.08. The molecule has 5 nitrogen and oxygen atoms in total. The largest absolute Gasteiger partial charge is 0.337 e. The van der Waals surface area contributed by atoms with Gasteiger partial charge in [0.05, 0.1) is 11.9 Å². The summed E-state index contributed by atoms with van der Waals surface area (Å²) in [5.41, 5.74) is 1.70. The van der Waals surface area contributed by atoms with Gasteiger partial charge in [-0.15, -0.1) is 0 Å². The SMILES string of the molecule is Cc1nc(Cl)c(C)c(Nc2cnn(C)c2)n1. The van der Waals surface area contributed by atoms with Crippen LogP contribution in [0.1, 0.15) is 11.4 Å². The molecule has 84 valence electrons. The molecule has 0 spiro atoms. The van der Waals surface area contributed by atoms with Gasteiger partial charge in [-0.25, -0.2) is 9.97 Å². The molecular weight excluding hydrogens is 226 g/mol. The summed E-state index contributed by atoms with van der Waals surface area (Å²) in [7, 11) is 1.86. The van der Waals surface area contributed by atoms with Crippen molar-refractivity contribution in [3.63, 3.8) is 0 Å². The van der Waals surface area contributed by atoms with Gasteiger partial charge in [0.2, 0.25) is 0 Å². The van der Waals surface area contributed by atoms with Crippen molar-refractivity contribution >= 4 is 23.1 Å². The van der Waals surface area contributed by atoms with Gasteiger partial charge >= 0.3 is 0 Å². The van der Waals surface area contributed by atoms with Crippen LogP contribution in [0.5, 0.6) is 0 Å². The molecule has 0 aromatic carbocycles. The Bertz CT molecular complexity index is 520. The van der Waals surface area contributed by atoms with Crippen LogP contribution < -0.4 is 5.32 Å². The van der Waals surface area contributed by atoms with Gasteiger partial charge in [0.1, 0.15) is 16.8 Å². The summed E-state index contributed by atoms with van der Waals surface area (Å²) in [4.78, 5) is 8.37. The van der Waals surface area contributed by atoms with E-state index in [2.05, 4.69) is 20.4 Å². The van der Waals surface area contributed by atoms with Crippen molar-refractivity contribution in [3.05, 3.63) is 28.9 Å². The number of rotatable bonds is 2. The molecule has 16 heavy (non-hydrogen) atoms. The predicted molar refractivity (Wildman–Crippen MR) is 63.0 cm³/mol. The zero-order valence-electron chi connectivity index (χ0n) is 9.32. The first kappa shape index (κ1) is 10.9. The lowest BCUT2D eigenvalue weighted by atomic mass is 10.3. The van der Waals surface area contributed by atoms with E-state index in [0.717, 1.165) is 11.3 Å². The predicted octanol–water partition coefficient (Wildman–Crippen LogP) is 2.22. The van der Waals surface area contributed by atoms with Crippen LogP contribution in [0.15, 0.2) is 12.4 Å². The van der Waals surface area contributed by atoms with Crippen LogP contribution in [0.3, 0.4) is 0 Å². The quantitative estimate of drug-likeness (QED) is 0.814. The van der Waals surface area contributed by atoms with Crippen molar-refractivity contribution in [2.75, 3.05) is 5.32 Å². The van der Waals surface area contributed by atoms with Crippen molar-refractivity contribution in [1.29, 1.82) is 0 Å². The molecule has 1 N–H and O–H groups in total. The Hall–Kier alpha value is -1.62. The second-order valence-corrected chi connectivity index (χ2v) is 3.92. The van der Waals surface area contributed by atoms with Crippen LogP contribution in [-0.4, -0.2) is 19.7 Å². The highest BCUT2D eigenvalue weighted by atomic mass is 35.5. The van der Waals surface area contributed by atoms with Crippen molar-refractivity contribution in [1.82, 2.24) is 19.7 Å². The van der Waals surface area contributed by atoms with Crippen molar-refractivity contribution < 1.29 is 0 Å². The molecule has 0 atom stereocenters. The van der Waals surface area contributed by atoms with E-state index < -0.39 is 0 Å². The smallest absolute Gasteiger partial charge is 0.138 e. The maximum atomic E-state index is 5.98.